The van der Waals surface area contributed by atoms with Crippen LogP contribution in [0, 0.1) is 17.5 Å². The predicted molar refractivity (Wildman–Crippen MR) is 33.6 cm³/mol. The first-order valence-corrected chi connectivity index (χ1v) is 2.89. The normalized spacial score (nSPS) is 10.0. The maximum Gasteiger partial charge on any atom is 0.172 e. The molecule has 0 radical (unpaired) electrons. The van der Waals surface area contributed by atoms with Crippen LogP contribution in [0.5, 0.6) is 0 Å². The van der Waals surface area contributed by atoms with Crippen LogP contribution < -0.4 is 0 Å². The number of hydrogen-bond acceptors (Lipinski definition) is 1. The van der Waals surface area contributed by atoms with Crippen molar-refractivity contribution >= 4 is 12.6 Å². The quantitative estimate of drug-likeness (QED) is 0.441. The summed E-state index contributed by atoms with van der Waals surface area (Å²) in [6, 6.07) is 1.27. The largest absolute Gasteiger partial charge is 0.207 e. The van der Waals surface area contributed by atoms with Crippen LogP contribution in [0.2, 0.25) is 0 Å². The summed E-state index contributed by atoms with van der Waals surface area (Å²) in [7, 11) is 0. The van der Waals surface area contributed by atoms with Crippen molar-refractivity contribution in [1.82, 2.24) is 0 Å². The smallest absolute Gasteiger partial charge is 0.172 e. The van der Waals surface area contributed by atoms with Crippen LogP contribution in [0.15, 0.2) is 17.0 Å². The van der Waals surface area contributed by atoms with Gasteiger partial charge in [0.25, 0.3) is 0 Å². The van der Waals surface area contributed by atoms with Crippen LogP contribution in [0.1, 0.15) is 0 Å². The average Bonchev–Trinajstić information content (AvgIpc) is 1.82. The van der Waals surface area contributed by atoms with Crippen molar-refractivity contribution < 1.29 is 13.2 Å². The lowest BCUT2D eigenvalue weighted by Crippen LogP contribution is -1.87. The monoisotopic (exact) mass is 164 g/mol. The highest BCUT2D eigenvalue weighted by Crippen LogP contribution is 2.16. The molecule has 0 nitrogen and oxygen atoms in total. The van der Waals surface area contributed by atoms with Crippen molar-refractivity contribution in [2.45, 2.75) is 4.90 Å². The average molecular weight is 164 g/mol. The Balaban J connectivity index is 3.31. The van der Waals surface area contributed by atoms with Crippen molar-refractivity contribution in [2.75, 3.05) is 0 Å². The summed E-state index contributed by atoms with van der Waals surface area (Å²) >= 11 is 3.48. The highest BCUT2D eigenvalue weighted by atomic mass is 32.1. The molecule has 1 rings (SSSR count). The van der Waals surface area contributed by atoms with Crippen molar-refractivity contribution in [2.24, 2.45) is 0 Å². The summed E-state index contributed by atoms with van der Waals surface area (Å²) in [5.74, 6) is -3.17. The number of thiol groups is 1. The van der Waals surface area contributed by atoms with Crippen molar-refractivity contribution in [3.63, 3.8) is 0 Å². The second kappa shape index (κ2) is 2.54. The van der Waals surface area contributed by atoms with Gasteiger partial charge in [0.2, 0.25) is 0 Å². The van der Waals surface area contributed by atoms with Crippen LogP contribution in [-0.2, 0) is 0 Å². The summed E-state index contributed by atoms with van der Waals surface area (Å²) in [5, 5.41) is 0. The Morgan fingerprint density at radius 3 is 2.20 bits per heavy atom. The van der Waals surface area contributed by atoms with Gasteiger partial charge in [0.05, 0.1) is 0 Å². The molecule has 0 N–H and O–H groups in total. The summed E-state index contributed by atoms with van der Waals surface area (Å²) in [5.41, 5.74) is 0. The first kappa shape index (κ1) is 7.47. The van der Waals surface area contributed by atoms with E-state index in [1.54, 1.807) is 0 Å². The molecule has 0 spiro atoms. The van der Waals surface area contributed by atoms with E-state index < -0.39 is 17.5 Å². The molecule has 4 heteroatoms. The lowest BCUT2D eigenvalue weighted by atomic mass is 10.3. The Kier molecular flexibility index (Phi) is 1.89. The molecule has 0 bridgehead atoms. The van der Waals surface area contributed by atoms with Gasteiger partial charge in [-0.1, -0.05) is 0 Å². The molecule has 0 saturated carbocycles. The standard InChI is InChI=1S/C6H3F3S/c7-3-1-4(8)6(9)5(10)2-3/h1-2,10H. The summed E-state index contributed by atoms with van der Waals surface area (Å²) in [4.78, 5) is -0.322. The molecule has 0 unspecified atom stereocenters. The molecule has 0 heterocycles. The highest BCUT2D eigenvalue weighted by molar-refractivity contribution is 7.80. The van der Waals surface area contributed by atoms with Gasteiger partial charge in [-0.2, -0.15) is 0 Å². The van der Waals surface area contributed by atoms with E-state index in [-0.39, 0.29) is 4.90 Å². The van der Waals surface area contributed by atoms with E-state index >= 15 is 0 Å². The molecule has 0 amide bonds. The molecule has 1 aromatic rings. The van der Waals surface area contributed by atoms with Crippen molar-refractivity contribution in [3.8, 4) is 0 Å². The van der Waals surface area contributed by atoms with Gasteiger partial charge in [0.15, 0.2) is 11.6 Å². The fourth-order valence-corrected chi connectivity index (χ4v) is 0.773. The lowest BCUT2D eigenvalue weighted by molar-refractivity contribution is 0.477. The zero-order valence-corrected chi connectivity index (χ0v) is 5.63. The summed E-state index contributed by atoms with van der Waals surface area (Å²) in [6.07, 6.45) is 0. The summed E-state index contributed by atoms with van der Waals surface area (Å²) in [6.45, 7) is 0. The SMILES string of the molecule is Fc1cc(F)c(F)c(S)c1. The van der Waals surface area contributed by atoms with E-state index in [2.05, 4.69) is 12.6 Å². The Morgan fingerprint density at radius 2 is 1.70 bits per heavy atom. The lowest BCUT2D eigenvalue weighted by Gasteiger charge is -1.95. The molecule has 1 aromatic carbocycles. The number of hydrogen-bond donors (Lipinski definition) is 1. The minimum absolute atomic E-state index is 0.322. The van der Waals surface area contributed by atoms with E-state index in [9.17, 15) is 13.2 Å². The van der Waals surface area contributed by atoms with Crippen molar-refractivity contribution in [3.05, 3.63) is 29.6 Å². The van der Waals surface area contributed by atoms with Crippen LogP contribution in [-0.4, -0.2) is 0 Å². The predicted octanol–water partition coefficient (Wildman–Crippen LogP) is 2.39. The van der Waals surface area contributed by atoms with Crippen LogP contribution in [0.3, 0.4) is 0 Å². The van der Waals surface area contributed by atoms with Crippen LogP contribution >= 0.6 is 12.6 Å². The second-order valence-electron chi connectivity index (χ2n) is 1.72. The number of benzene rings is 1. The topological polar surface area (TPSA) is 0 Å². The Hall–Kier alpha value is -0.640. The maximum absolute atomic E-state index is 12.3. The van der Waals surface area contributed by atoms with Gasteiger partial charge in [-0.25, -0.2) is 13.2 Å². The third-order valence-corrected chi connectivity index (χ3v) is 1.30. The molecular formula is C6H3F3S. The molecule has 10 heavy (non-hydrogen) atoms. The van der Waals surface area contributed by atoms with Gasteiger partial charge in [0.1, 0.15) is 5.82 Å². The highest BCUT2D eigenvalue weighted by Gasteiger charge is 2.06. The van der Waals surface area contributed by atoms with Crippen LogP contribution in [0.25, 0.3) is 0 Å². The fourth-order valence-electron chi connectivity index (χ4n) is 0.542. The fraction of sp³-hybridized carbons (Fsp3) is 0. The first-order valence-electron chi connectivity index (χ1n) is 2.45. The Bertz CT molecular complexity index is 236. The van der Waals surface area contributed by atoms with Gasteiger partial charge in [-0.3, -0.25) is 0 Å². The zero-order chi connectivity index (χ0) is 7.72. The second-order valence-corrected chi connectivity index (χ2v) is 2.20. The third kappa shape index (κ3) is 1.26. The van der Waals surface area contributed by atoms with E-state index in [0.717, 1.165) is 6.07 Å². The molecule has 0 atom stereocenters. The maximum atomic E-state index is 12.3. The van der Waals surface area contributed by atoms with E-state index in [1.807, 2.05) is 0 Å². The van der Waals surface area contributed by atoms with Gasteiger partial charge in [0, 0.05) is 11.0 Å². The molecule has 0 aliphatic heterocycles. The Morgan fingerprint density at radius 1 is 1.10 bits per heavy atom. The molecule has 54 valence electrons. The van der Waals surface area contributed by atoms with Gasteiger partial charge < -0.3 is 0 Å². The third-order valence-electron chi connectivity index (χ3n) is 0.974. The van der Waals surface area contributed by atoms with Crippen molar-refractivity contribution in [1.29, 1.82) is 0 Å². The molecule has 0 aliphatic rings. The minimum Gasteiger partial charge on any atom is -0.207 e. The number of rotatable bonds is 0. The van der Waals surface area contributed by atoms with Crippen LogP contribution in [0.4, 0.5) is 13.2 Å². The van der Waals surface area contributed by atoms with E-state index in [4.69, 9.17) is 0 Å². The van der Waals surface area contributed by atoms with Gasteiger partial charge in [-0.05, 0) is 6.07 Å². The van der Waals surface area contributed by atoms with E-state index in [1.165, 1.54) is 0 Å². The molecule has 0 fully saturated rings. The van der Waals surface area contributed by atoms with Gasteiger partial charge >= 0.3 is 0 Å². The zero-order valence-electron chi connectivity index (χ0n) is 4.74. The molecule has 0 aliphatic carbocycles. The minimum atomic E-state index is -1.22. The molecule has 0 aromatic heterocycles. The summed E-state index contributed by atoms with van der Waals surface area (Å²) < 4.78 is 36.6. The van der Waals surface area contributed by atoms with Gasteiger partial charge in [-0.15, -0.1) is 12.6 Å². The number of halogens is 3. The first-order chi connectivity index (χ1) is 4.61. The molecular weight excluding hydrogens is 161 g/mol. The molecule has 0 saturated heterocycles. The van der Waals surface area contributed by atoms with E-state index in [0.29, 0.717) is 6.07 Å². The Labute approximate surface area is 61.1 Å².